The number of nitrogens with one attached hydrogen (secondary N) is 6. The Labute approximate surface area is 460 Å². The number of carbonyl (C=O) groups is 9. The highest BCUT2D eigenvalue weighted by Crippen LogP contribution is 2.38. The first-order valence-corrected chi connectivity index (χ1v) is 27.2. The zero-order valence-corrected chi connectivity index (χ0v) is 46.3. The Hall–Kier alpha value is -7.77. The van der Waals surface area contributed by atoms with Crippen LogP contribution in [0.4, 0.5) is 9.18 Å². The van der Waals surface area contributed by atoms with E-state index in [0.717, 1.165) is 0 Å². The molecule has 0 aliphatic carbocycles. The summed E-state index contributed by atoms with van der Waals surface area (Å²) < 4.78 is 31.5. The number of unbranched alkanes of at least 4 members (excludes halogenated alkanes) is 2. The van der Waals surface area contributed by atoms with Crippen LogP contribution in [-0.2, 0) is 72.3 Å². The average Bonchev–Trinajstić information content (AvgIpc) is 4.14. The van der Waals surface area contributed by atoms with Gasteiger partial charge < -0.3 is 55.8 Å². The normalized spacial score (nSPS) is 14.5. The molecule has 3 aliphatic rings. The fraction of sp³-hybridized carbons (Fsp3) is 0.463. The molecule has 1 fully saturated rings. The number of nitrogens with zero attached hydrogens (tertiary/aromatic N) is 3. The first-order valence-electron chi connectivity index (χ1n) is 25.9. The highest BCUT2D eigenvalue weighted by Gasteiger charge is 2.38. The molecule has 4 aromatic rings. The minimum atomic E-state index is -1.66. The number of rotatable bonds is 22. The van der Waals surface area contributed by atoms with Gasteiger partial charge in [-0.1, -0.05) is 70.0 Å². The number of hydrogen-bond donors (Lipinski definition) is 7. The van der Waals surface area contributed by atoms with E-state index < -0.39 is 72.8 Å². The molecule has 0 spiro atoms. The molecule has 1 saturated heterocycles. The maximum Gasteiger partial charge on any atom is 0.407 e. The van der Waals surface area contributed by atoms with Crippen molar-refractivity contribution in [2.45, 2.75) is 105 Å². The van der Waals surface area contributed by atoms with Gasteiger partial charge in [-0.25, -0.2) is 19.0 Å². The number of thioether (sulfide) groups is 1. The number of aryl methyl sites for hydroxylation is 2. The van der Waals surface area contributed by atoms with Crippen molar-refractivity contribution >= 4 is 76.1 Å². The van der Waals surface area contributed by atoms with E-state index in [-0.39, 0.29) is 98.6 Å². The van der Waals surface area contributed by atoms with E-state index in [1.807, 2.05) is 45.9 Å². The van der Waals surface area contributed by atoms with E-state index in [1.165, 1.54) is 38.9 Å². The van der Waals surface area contributed by atoms with Crippen LogP contribution in [0.1, 0.15) is 99.3 Å². The maximum absolute atomic E-state index is 14.7. The van der Waals surface area contributed by atoms with E-state index in [2.05, 4.69) is 55.9 Å². The standard InChI is InChI=1S/C43H50FN9O14S.C7H8.2C2H6/c1-22-10-23-25(26-19-53-30(38(26)51-29(23)12-28(22)44)11-24-27(40(53)61)20-67-42(63)39(24)60)14-49-43(64)66-9-8-65-21-50-36(58)18-48-35(57)17-47-34(56)16-46-33(55)15-45-32(54)6-4-3-5-7-52-37(59)13-31(68-2)41(52)62;1-7-5-3-2-4-6-7;2*1-2/h10-12,31,39,60H,3-9,13-21H2,1-2H3,(H,45,54)(H,46,55)(H,47,56)(H,48,57)(H,49,64)(H,50,58);2-6H,1H3;2*1-2H3. The molecule has 8 amide bonds. The summed E-state index contributed by atoms with van der Waals surface area (Å²) in [4.78, 5) is 129. The first kappa shape index (κ1) is 63.8. The number of hydrogen-bond acceptors (Lipinski definition) is 16. The van der Waals surface area contributed by atoms with Gasteiger partial charge in [-0.3, -0.25) is 43.3 Å². The summed E-state index contributed by atoms with van der Waals surface area (Å²) in [5.74, 6) is -4.85. The third kappa shape index (κ3) is 18.4. The predicted octanol–water partition coefficient (Wildman–Crippen LogP) is 2.84. The van der Waals surface area contributed by atoms with Crippen LogP contribution in [0.15, 0.2) is 53.3 Å². The lowest BCUT2D eigenvalue weighted by Crippen LogP contribution is -2.45. The summed E-state index contributed by atoms with van der Waals surface area (Å²) in [5.41, 5.74) is 3.35. The largest absolute Gasteiger partial charge is 0.458 e. The second-order valence-corrected chi connectivity index (χ2v) is 18.5. The Morgan fingerprint density at radius 1 is 0.785 bits per heavy atom. The van der Waals surface area contributed by atoms with Crippen molar-refractivity contribution in [3.63, 3.8) is 0 Å². The van der Waals surface area contributed by atoms with Crippen molar-refractivity contribution in [3.8, 4) is 11.4 Å². The molecule has 5 heterocycles. The Balaban J connectivity index is 0.00000111. The van der Waals surface area contributed by atoms with Gasteiger partial charge in [0.2, 0.25) is 41.4 Å². The first-order chi connectivity index (χ1) is 37.9. The molecule has 7 N–H and O–H groups in total. The zero-order valence-electron chi connectivity index (χ0n) is 45.5. The molecule has 2 aromatic heterocycles. The summed E-state index contributed by atoms with van der Waals surface area (Å²) in [5, 5.41) is 25.0. The van der Waals surface area contributed by atoms with Gasteiger partial charge in [-0.05, 0) is 56.2 Å². The van der Waals surface area contributed by atoms with Gasteiger partial charge in [0.15, 0.2) is 6.10 Å². The van der Waals surface area contributed by atoms with Gasteiger partial charge in [0, 0.05) is 48.5 Å². The number of ether oxygens (including phenoxy) is 3. The highest BCUT2D eigenvalue weighted by atomic mass is 32.2. The van der Waals surface area contributed by atoms with Crippen molar-refractivity contribution < 1.29 is 66.9 Å². The number of halogens is 1. The van der Waals surface area contributed by atoms with Gasteiger partial charge in [0.1, 0.15) is 25.8 Å². The average molecular weight is 1120 g/mol. The molecule has 0 radical (unpaired) electrons. The Kier molecular flexibility index (Phi) is 26.0. The second-order valence-electron chi connectivity index (χ2n) is 17.4. The maximum atomic E-state index is 14.7. The van der Waals surface area contributed by atoms with E-state index in [4.69, 9.17) is 14.2 Å². The monoisotopic (exact) mass is 1120 g/mol. The molecule has 25 heteroatoms. The highest BCUT2D eigenvalue weighted by molar-refractivity contribution is 8.00. The minimum Gasteiger partial charge on any atom is -0.458 e. The number of cyclic esters (lactones) is 1. The SMILES string of the molecule is CC.CC.CSC1CC(=O)N(CCCCCC(=O)NCC(=O)NCC(=O)NCC(=O)NCC(=O)NCOCCOC(=O)NCc2c3c(nc4cc(F)c(C)cc24)-c2cc4c(c(=O)n2C3)COC(=O)C4O)C1=O.Cc1ccccc1. The number of alkyl carbamates (subject to hydrolysis) is 1. The molecule has 2 aromatic carbocycles. The number of aliphatic hydroxyl groups excluding tert-OH is 1. The van der Waals surface area contributed by atoms with Crippen molar-refractivity contribution in [1.82, 2.24) is 46.4 Å². The van der Waals surface area contributed by atoms with Crippen molar-refractivity contribution in [1.29, 1.82) is 0 Å². The molecule has 23 nitrogen and oxygen atoms in total. The van der Waals surface area contributed by atoms with Crippen molar-refractivity contribution in [2.75, 3.05) is 58.9 Å². The number of benzene rings is 2. The topological polar surface area (TPSA) is 312 Å². The number of pyridine rings is 2. The number of amides is 8. The fourth-order valence-corrected chi connectivity index (χ4v) is 8.68. The zero-order chi connectivity index (χ0) is 58.2. The van der Waals surface area contributed by atoms with Gasteiger partial charge in [0.05, 0.1) is 67.0 Å². The van der Waals surface area contributed by atoms with Crippen molar-refractivity contribution in [3.05, 3.63) is 98.1 Å². The molecule has 428 valence electrons. The summed E-state index contributed by atoms with van der Waals surface area (Å²) >= 11 is 1.34. The summed E-state index contributed by atoms with van der Waals surface area (Å²) in [6, 6.07) is 14.6. The van der Waals surface area contributed by atoms with Crippen LogP contribution in [0.25, 0.3) is 22.3 Å². The number of esters is 1. The molecule has 3 aliphatic heterocycles. The molecule has 2 unspecified atom stereocenters. The number of fused-ring (bicyclic) bond motifs is 5. The summed E-state index contributed by atoms with van der Waals surface area (Å²) in [6.07, 6.45) is 1.26. The van der Waals surface area contributed by atoms with Crippen LogP contribution >= 0.6 is 11.8 Å². The summed E-state index contributed by atoms with van der Waals surface area (Å²) in [6.45, 7) is 9.12. The molecule has 2 atom stereocenters. The van der Waals surface area contributed by atoms with Crippen LogP contribution in [0.2, 0.25) is 0 Å². The number of aliphatic hydroxyl groups is 1. The van der Waals surface area contributed by atoms with Crippen LogP contribution in [-0.4, -0.2) is 137 Å². The smallest absolute Gasteiger partial charge is 0.407 e. The number of carbonyl (C=O) groups excluding carboxylic acids is 9. The number of aromatic nitrogens is 2. The summed E-state index contributed by atoms with van der Waals surface area (Å²) in [7, 11) is 0. The lowest BCUT2D eigenvalue weighted by Gasteiger charge is -2.21. The van der Waals surface area contributed by atoms with Crippen LogP contribution < -0.4 is 37.5 Å². The molecule has 0 bridgehead atoms. The molecule has 79 heavy (non-hydrogen) atoms. The quantitative estimate of drug-likeness (QED) is 0.0227. The van der Waals surface area contributed by atoms with Crippen LogP contribution in [0.5, 0.6) is 0 Å². The van der Waals surface area contributed by atoms with E-state index in [1.54, 1.807) is 19.2 Å². The van der Waals surface area contributed by atoms with Crippen LogP contribution in [0, 0.1) is 19.7 Å². The molecule has 7 rings (SSSR count). The number of likely N-dealkylation sites (tertiary alicyclic amines) is 1. The molecular weight excluding hydrogens is 1050 g/mol. The predicted molar refractivity (Wildman–Crippen MR) is 290 cm³/mol. The third-order valence-corrected chi connectivity index (χ3v) is 13.0. The van der Waals surface area contributed by atoms with E-state index >= 15 is 0 Å². The van der Waals surface area contributed by atoms with Crippen molar-refractivity contribution in [2.24, 2.45) is 0 Å². The third-order valence-electron chi connectivity index (χ3n) is 12.1. The van der Waals surface area contributed by atoms with E-state index in [9.17, 15) is 57.4 Å². The lowest BCUT2D eigenvalue weighted by molar-refractivity contribution is -0.157. The Morgan fingerprint density at radius 3 is 2.00 bits per heavy atom. The van der Waals surface area contributed by atoms with Gasteiger partial charge in [-0.2, -0.15) is 11.8 Å². The minimum absolute atomic E-state index is 0.0408. The van der Waals surface area contributed by atoms with Gasteiger partial charge in [-0.15, -0.1) is 0 Å². The Bertz CT molecular complexity index is 2900. The fourth-order valence-electron chi connectivity index (χ4n) is 8.04. The van der Waals surface area contributed by atoms with Gasteiger partial charge in [0.25, 0.3) is 5.56 Å². The molecule has 0 saturated carbocycles. The second kappa shape index (κ2) is 32.2. The molecular formula is C54H70FN9O14S. The number of imide groups is 1. The van der Waals surface area contributed by atoms with Gasteiger partial charge >= 0.3 is 12.1 Å². The lowest BCUT2D eigenvalue weighted by atomic mass is 9.97. The van der Waals surface area contributed by atoms with E-state index in [0.29, 0.717) is 59.3 Å². The van der Waals surface area contributed by atoms with Crippen LogP contribution in [0.3, 0.4) is 0 Å². The Morgan fingerprint density at radius 2 is 1.41 bits per heavy atom.